The molecule has 1 saturated carbocycles. The first kappa shape index (κ1) is 23.4. The maximum absolute atomic E-state index is 12.6. The first-order valence-corrected chi connectivity index (χ1v) is 11.2. The standard InChI is InChI=1S/C17H29N3O3S2.ClH/c1-12(2)10-16(21)19-9-8-14-6-7-17(24-14)25(22,23)20-15-5-3-4-13(15)11-18;/h6-7,12-13,15,20H,3-5,8-11,18H2,1-2H3,(H,19,21);1H. The Labute approximate surface area is 166 Å². The van der Waals surface area contributed by atoms with Crippen LogP contribution in [0.15, 0.2) is 16.3 Å². The lowest BCUT2D eigenvalue weighted by atomic mass is 10.1. The molecule has 6 nitrogen and oxygen atoms in total. The van der Waals surface area contributed by atoms with Gasteiger partial charge in [-0.25, -0.2) is 13.1 Å². The van der Waals surface area contributed by atoms with Crippen LogP contribution in [0.25, 0.3) is 0 Å². The highest BCUT2D eigenvalue weighted by atomic mass is 35.5. The number of thiophene rings is 1. The molecule has 9 heteroatoms. The van der Waals surface area contributed by atoms with Crippen molar-refractivity contribution in [3.63, 3.8) is 0 Å². The summed E-state index contributed by atoms with van der Waals surface area (Å²) >= 11 is 1.26. The lowest BCUT2D eigenvalue weighted by molar-refractivity contribution is -0.121. The van der Waals surface area contributed by atoms with Crippen molar-refractivity contribution in [3.05, 3.63) is 17.0 Å². The Balaban J connectivity index is 0.00000338. The largest absolute Gasteiger partial charge is 0.356 e. The maximum atomic E-state index is 12.6. The number of amides is 1. The van der Waals surface area contributed by atoms with Gasteiger partial charge in [0.1, 0.15) is 4.21 Å². The highest BCUT2D eigenvalue weighted by Crippen LogP contribution is 2.28. The van der Waals surface area contributed by atoms with E-state index in [-0.39, 0.29) is 30.3 Å². The van der Waals surface area contributed by atoms with Gasteiger partial charge >= 0.3 is 0 Å². The van der Waals surface area contributed by atoms with Crippen LogP contribution in [0.5, 0.6) is 0 Å². The van der Waals surface area contributed by atoms with E-state index >= 15 is 0 Å². The van der Waals surface area contributed by atoms with Crippen molar-refractivity contribution in [2.24, 2.45) is 17.6 Å². The molecule has 0 saturated heterocycles. The zero-order chi connectivity index (χ0) is 18.4. The first-order chi connectivity index (χ1) is 11.8. The van der Waals surface area contributed by atoms with Crippen molar-refractivity contribution in [1.82, 2.24) is 10.0 Å². The summed E-state index contributed by atoms with van der Waals surface area (Å²) < 4.78 is 28.3. The fourth-order valence-electron chi connectivity index (χ4n) is 3.14. The Bertz CT molecular complexity index is 677. The molecule has 0 bridgehead atoms. The van der Waals surface area contributed by atoms with Gasteiger partial charge in [0.25, 0.3) is 0 Å². The van der Waals surface area contributed by atoms with E-state index in [0.29, 0.717) is 36.1 Å². The molecule has 4 N–H and O–H groups in total. The summed E-state index contributed by atoms with van der Waals surface area (Å²) in [6, 6.07) is 3.41. The Kier molecular flexibility index (Phi) is 9.54. The Hall–Kier alpha value is -0.670. The van der Waals surface area contributed by atoms with Crippen LogP contribution in [-0.2, 0) is 21.2 Å². The van der Waals surface area contributed by atoms with E-state index in [1.54, 1.807) is 6.07 Å². The number of carbonyl (C=O) groups is 1. The summed E-state index contributed by atoms with van der Waals surface area (Å²) in [5.74, 6) is 0.595. The van der Waals surface area contributed by atoms with Crippen molar-refractivity contribution in [2.45, 2.75) is 56.2 Å². The third-order valence-corrected chi connectivity index (χ3v) is 7.58. The number of halogens is 1. The van der Waals surface area contributed by atoms with Gasteiger partial charge in [0, 0.05) is 23.9 Å². The monoisotopic (exact) mass is 423 g/mol. The molecule has 2 atom stereocenters. The van der Waals surface area contributed by atoms with Crippen LogP contribution in [-0.4, -0.2) is 33.5 Å². The molecule has 1 aromatic rings. The zero-order valence-corrected chi connectivity index (χ0v) is 17.8. The lowest BCUT2D eigenvalue weighted by Gasteiger charge is -2.18. The number of hydrogen-bond donors (Lipinski definition) is 3. The topological polar surface area (TPSA) is 101 Å². The predicted octanol–water partition coefficient (Wildman–Crippen LogP) is 2.28. The third kappa shape index (κ3) is 6.81. The molecule has 0 aromatic carbocycles. The van der Waals surface area contributed by atoms with Gasteiger partial charge in [0.05, 0.1) is 0 Å². The molecule has 26 heavy (non-hydrogen) atoms. The van der Waals surface area contributed by atoms with Gasteiger partial charge in [-0.3, -0.25) is 4.79 Å². The number of sulfonamides is 1. The Morgan fingerprint density at radius 1 is 1.35 bits per heavy atom. The van der Waals surface area contributed by atoms with Crippen LogP contribution in [0, 0.1) is 11.8 Å². The van der Waals surface area contributed by atoms with Gasteiger partial charge in [-0.1, -0.05) is 20.3 Å². The molecule has 1 aliphatic rings. The van der Waals surface area contributed by atoms with Gasteiger partial charge in [-0.2, -0.15) is 0 Å². The van der Waals surface area contributed by atoms with Crippen molar-refractivity contribution >= 4 is 39.7 Å². The minimum Gasteiger partial charge on any atom is -0.356 e. The van der Waals surface area contributed by atoms with E-state index in [2.05, 4.69) is 10.0 Å². The number of nitrogens with one attached hydrogen (secondary N) is 2. The summed E-state index contributed by atoms with van der Waals surface area (Å²) in [7, 11) is -3.50. The van der Waals surface area contributed by atoms with E-state index in [1.165, 1.54) is 11.3 Å². The molecule has 1 aromatic heterocycles. The van der Waals surface area contributed by atoms with E-state index < -0.39 is 10.0 Å². The molecule has 1 aliphatic carbocycles. The molecule has 1 amide bonds. The average molecular weight is 424 g/mol. The van der Waals surface area contributed by atoms with E-state index in [4.69, 9.17) is 5.73 Å². The minimum atomic E-state index is -3.50. The summed E-state index contributed by atoms with van der Waals surface area (Å²) in [6.07, 6.45) is 3.99. The molecule has 150 valence electrons. The lowest BCUT2D eigenvalue weighted by Crippen LogP contribution is -2.39. The second kappa shape index (κ2) is 10.6. The van der Waals surface area contributed by atoms with Gasteiger partial charge in [0.2, 0.25) is 15.9 Å². The maximum Gasteiger partial charge on any atom is 0.250 e. The van der Waals surface area contributed by atoms with Crippen molar-refractivity contribution < 1.29 is 13.2 Å². The molecule has 0 spiro atoms. The average Bonchev–Trinajstić information content (AvgIpc) is 3.15. The van der Waals surface area contributed by atoms with Gasteiger partial charge < -0.3 is 11.1 Å². The predicted molar refractivity (Wildman–Crippen MR) is 108 cm³/mol. The summed E-state index contributed by atoms with van der Waals surface area (Å²) in [5.41, 5.74) is 5.73. The molecule has 0 radical (unpaired) electrons. The van der Waals surface area contributed by atoms with Crippen LogP contribution >= 0.6 is 23.7 Å². The molecule has 2 rings (SSSR count). The Morgan fingerprint density at radius 3 is 2.73 bits per heavy atom. The molecular formula is C17H30ClN3O3S2. The number of hydrogen-bond acceptors (Lipinski definition) is 5. The second-order valence-corrected chi connectivity index (χ2v) is 10.2. The second-order valence-electron chi connectivity index (χ2n) is 7.07. The van der Waals surface area contributed by atoms with Crippen molar-refractivity contribution in [2.75, 3.05) is 13.1 Å². The zero-order valence-electron chi connectivity index (χ0n) is 15.4. The van der Waals surface area contributed by atoms with Crippen molar-refractivity contribution in [1.29, 1.82) is 0 Å². The van der Waals surface area contributed by atoms with Crippen LogP contribution in [0.1, 0.15) is 44.4 Å². The number of rotatable bonds is 9. The minimum absolute atomic E-state index is 0. The Morgan fingerprint density at radius 2 is 2.08 bits per heavy atom. The summed E-state index contributed by atoms with van der Waals surface area (Å²) in [6.45, 7) is 5.04. The fraction of sp³-hybridized carbons (Fsp3) is 0.706. The molecule has 1 heterocycles. The van der Waals surface area contributed by atoms with Gasteiger partial charge in [-0.15, -0.1) is 23.7 Å². The number of nitrogens with two attached hydrogens (primary N) is 1. The molecule has 2 unspecified atom stereocenters. The quantitative estimate of drug-likeness (QED) is 0.567. The molecular weight excluding hydrogens is 394 g/mol. The third-order valence-electron chi connectivity index (χ3n) is 4.46. The van der Waals surface area contributed by atoms with Crippen LogP contribution in [0.3, 0.4) is 0 Å². The van der Waals surface area contributed by atoms with E-state index in [1.807, 2.05) is 19.9 Å². The summed E-state index contributed by atoms with van der Waals surface area (Å²) in [4.78, 5) is 12.6. The summed E-state index contributed by atoms with van der Waals surface area (Å²) in [5, 5.41) is 2.87. The van der Waals surface area contributed by atoms with Crippen LogP contribution in [0.2, 0.25) is 0 Å². The highest BCUT2D eigenvalue weighted by molar-refractivity contribution is 7.91. The highest BCUT2D eigenvalue weighted by Gasteiger charge is 2.30. The smallest absolute Gasteiger partial charge is 0.250 e. The molecule has 1 fully saturated rings. The van der Waals surface area contributed by atoms with E-state index in [0.717, 1.165) is 24.1 Å². The van der Waals surface area contributed by atoms with E-state index in [9.17, 15) is 13.2 Å². The normalized spacial score (nSPS) is 20.2. The molecule has 0 aliphatic heterocycles. The number of carbonyl (C=O) groups excluding carboxylic acids is 1. The van der Waals surface area contributed by atoms with Gasteiger partial charge in [-0.05, 0) is 49.8 Å². The van der Waals surface area contributed by atoms with Gasteiger partial charge in [0.15, 0.2) is 0 Å². The first-order valence-electron chi connectivity index (χ1n) is 8.89. The van der Waals surface area contributed by atoms with Crippen LogP contribution < -0.4 is 15.8 Å². The van der Waals surface area contributed by atoms with Crippen LogP contribution in [0.4, 0.5) is 0 Å². The fourth-order valence-corrected chi connectivity index (χ4v) is 5.85. The van der Waals surface area contributed by atoms with Crippen molar-refractivity contribution in [3.8, 4) is 0 Å². The SMILES string of the molecule is CC(C)CC(=O)NCCc1ccc(S(=O)(=O)NC2CCCC2CN)s1.Cl.